The van der Waals surface area contributed by atoms with Gasteiger partial charge in [-0.05, 0) is 34.5 Å². The van der Waals surface area contributed by atoms with Crippen molar-refractivity contribution < 1.29 is 19.4 Å². The second-order valence-corrected chi connectivity index (χ2v) is 6.39. The Labute approximate surface area is 145 Å². The number of amides is 1. The number of carbonyl (C=O) groups excluding carboxylic acids is 1. The number of aromatic carboxylic acids is 1. The van der Waals surface area contributed by atoms with E-state index < -0.39 is 5.97 Å². The molecule has 0 aliphatic carbocycles. The summed E-state index contributed by atoms with van der Waals surface area (Å²) in [7, 11) is 0. The van der Waals surface area contributed by atoms with Gasteiger partial charge in [-0.2, -0.15) is 0 Å². The molecule has 8 heteroatoms. The maximum atomic E-state index is 11.7. The molecule has 0 fully saturated rings. The smallest absolute Gasteiger partial charge is 0.355 e. The Morgan fingerprint density at radius 1 is 1.35 bits per heavy atom. The van der Waals surface area contributed by atoms with Crippen molar-refractivity contribution in [3.63, 3.8) is 0 Å². The molecule has 2 aromatic rings. The number of nitrogens with zero attached hydrogens (tertiary/aromatic N) is 1. The normalized spacial score (nSPS) is 10.3. The molecule has 0 aliphatic rings. The summed E-state index contributed by atoms with van der Waals surface area (Å²) in [5.41, 5.74) is 0.00101. The Morgan fingerprint density at radius 3 is 2.83 bits per heavy atom. The Hall–Kier alpha value is -1.93. The van der Waals surface area contributed by atoms with Crippen LogP contribution in [0.2, 0.25) is 0 Å². The predicted octanol–water partition coefficient (Wildman–Crippen LogP) is 3.08. The van der Waals surface area contributed by atoms with E-state index in [1.807, 2.05) is 24.3 Å². The van der Waals surface area contributed by atoms with E-state index in [2.05, 4.69) is 26.2 Å². The fourth-order valence-electron chi connectivity index (χ4n) is 1.73. The number of carboxylic acid groups (broad SMARTS) is 1. The molecule has 0 saturated carbocycles. The summed E-state index contributed by atoms with van der Waals surface area (Å²) in [6.45, 7) is 0.679. The summed E-state index contributed by atoms with van der Waals surface area (Å²) in [4.78, 5) is 26.3. The lowest BCUT2D eigenvalue weighted by Crippen LogP contribution is -2.23. The maximum Gasteiger partial charge on any atom is 0.355 e. The maximum absolute atomic E-state index is 11.7. The van der Waals surface area contributed by atoms with E-state index in [0.717, 1.165) is 10.2 Å². The minimum Gasteiger partial charge on any atom is -0.492 e. The van der Waals surface area contributed by atoms with Crippen molar-refractivity contribution in [3.05, 3.63) is 44.8 Å². The molecule has 6 nitrogen and oxygen atoms in total. The van der Waals surface area contributed by atoms with Crippen molar-refractivity contribution in [2.24, 2.45) is 0 Å². The second kappa shape index (κ2) is 8.64. The average Bonchev–Trinajstić information content (AvgIpc) is 3.00. The molecule has 1 heterocycles. The third-order valence-electron chi connectivity index (χ3n) is 2.85. The van der Waals surface area contributed by atoms with Crippen molar-refractivity contribution in [2.45, 2.75) is 19.4 Å². The largest absolute Gasteiger partial charge is 0.492 e. The van der Waals surface area contributed by atoms with Crippen molar-refractivity contribution in [1.29, 1.82) is 0 Å². The van der Waals surface area contributed by atoms with Gasteiger partial charge in [-0.25, -0.2) is 9.78 Å². The number of ether oxygens (including phenoxy) is 1. The Balaban J connectivity index is 1.65. The third kappa shape index (κ3) is 5.65. The van der Waals surface area contributed by atoms with Crippen LogP contribution in [0.25, 0.3) is 0 Å². The van der Waals surface area contributed by atoms with Gasteiger partial charge in [0.1, 0.15) is 10.8 Å². The molecule has 0 aliphatic heterocycles. The summed E-state index contributed by atoms with van der Waals surface area (Å²) in [6.07, 6.45) is 0.924. The summed E-state index contributed by atoms with van der Waals surface area (Å²) in [5, 5.41) is 13.5. The summed E-state index contributed by atoms with van der Waals surface area (Å²) in [6, 6.07) is 7.53. The zero-order valence-corrected chi connectivity index (χ0v) is 14.5. The van der Waals surface area contributed by atoms with Crippen molar-refractivity contribution in [1.82, 2.24) is 10.3 Å². The molecule has 2 N–H and O–H groups in total. The van der Waals surface area contributed by atoms with Gasteiger partial charge < -0.3 is 15.2 Å². The van der Waals surface area contributed by atoms with Gasteiger partial charge in [0.2, 0.25) is 5.91 Å². The molecule has 0 saturated heterocycles. The molecule has 1 aromatic heterocycles. The van der Waals surface area contributed by atoms with Crippen LogP contribution in [0, 0.1) is 0 Å². The first kappa shape index (κ1) is 17.4. The van der Waals surface area contributed by atoms with Gasteiger partial charge in [0.15, 0.2) is 5.69 Å². The molecule has 1 aromatic carbocycles. The minimum absolute atomic E-state index is 0.00101. The first-order valence-corrected chi connectivity index (χ1v) is 8.55. The summed E-state index contributed by atoms with van der Waals surface area (Å²) >= 11 is 4.60. The minimum atomic E-state index is -1.07. The molecule has 0 bridgehead atoms. The third-order valence-corrected chi connectivity index (χ3v) is 4.35. The zero-order valence-electron chi connectivity index (χ0n) is 12.1. The molecule has 1 amide bonds. The molecule has 23 heavy (non-hydrogen) atoms. The predicted molar refractivity (Wildman–Crippen MR) is 89.8 cm³/mol. The first-order valence-electron chi connectivity index (χ1n) is 6.88. The highest BCUT2D eigenvalue weighted by atomic mass is 79.9. The van der Waals surface area contributed by atoms with E-state index in [1.54, 1.807) is 0 Å². The standard InChI is InChI=1S/C15H15BrN2O4S/c16-10-4-1-2-5-12(10)22-7-3-6-13(19)17-8-14-18-11(9-23-14)15(20)21/h1-2,4-5,9H,3,6-8H2,(H,17,19)(H,20,21). The van der Waals surface area contributed by atoms with E-state index in [4.69, 9.17) is 9.84 Å². The molecule has 122 valence electrons. The highest BCUT2D eigenvalue weighted by Gasteiger charge is 2.09. The summed E-state index contributed by atoms with van der Waals surface area (Å²) in [5.74, 6) is -0.437. The van der Waals surface area contributed by atoms with Crippen LogP contribution in [-0.4, -0.2) is 28.6 Å². The quantitative estimate of drug-likeness (QED) is 0.666. The summed E-state index contributed by atoms with van der Waals surface area (Å²) < 4.78 is 6.45. The van der Waals surface area contributed by atoms with Crippen LogP contribution in [0.1, 0.15) is 28.3 Å². The van der Waals surface area contributed by atoms with E-state index in [0.29, 0.717) is 24.5 Å². The van der Waals surface area contributed by atoms with Crippen LogP contribution < -0.4 is 10.1 Å². The SMILES string of the molecule is O=C(CCCOc1ccccc1Br)NCc1nc(C(=O)O)cs1. The number of benzene rings is 1. The molecular formula is C15H15BrN2O4S. The molecule has 0 unspecified atom stereocenters. The van der Waals surface area contributed by atoms with Crippen LogP contribution in [-0.2, 0) is 11.3 Å². The van der Waals surface area contributed by atoms with Crippen LogP contribution >= 0.6 is 27.3 Å². The number of thiazole rings is 1. The highest BCUT2D eigenvalue weighted by Crippen LogP contribution is 2.23. The van der Waals surface area contributed by atoms with E-state index in [9.17, 15) is 9.59 Å². The van der Waals surface area contributed by atoms with E-state index in [-0.39, 0.29) is 18.1 Å². The lowest BCUT2D eigenvalue weighted by Gasteiger charge is -2.07. The molecule has 0 atom stereocenters. The fraction of sp³-hybridized carbons (Fsp3) is 0.267. The number of nitrogens with one attached hydrogen (secondary N) is 1. The number of para-hydroxylation sites is 1. The Morgan fingerprint density at radius 2 is 2.13 bits per heavy atom. The van der Waals surface area contributed by atoms with Crippen molar-refractivity contribution in [2.75, 3.05) is 6.61 Å². The van der Waals surface area contributed by atoms with Crippen LogP contribution in [0.3, 0.4) is 0 Å². The zero-order chi connectivity index (χ0) is 16.7. The van der Waals surface area contributed by atoms with Gasteiger partial charge in [-0.1, -0.05) is 12.1 Å². The van der Waals surface area contributed by atoms with Crippen molar-refractivity contribution in [3.8, 4) is 5.75 Å². The lowest BCUT2D eigenvalue weighted by atomic mass is 10.3. The number of rotatable bonds is 8. The number of hydrogen-bond acceptors (Lipinski definition) is 5. The Kier molecular flexibility index (Phi) is 6.54. The Bertz CT molecular complexity index is 690. The average molecular weight is 399 g/mol. The van der Waals surface area contributed by atoms with Crippen LogP contribution in [0.4, 0.5) is 0 Å². The topological polar surface area (TPSA) is 88.5 Å². The van der Waals surface area contributed by atoms with Crippen LogP contribution in [0.15, 0.2) is 34.1 Å². The number of carboxylic acids is 1. The molecule has 0 radical (unpaired) electrons. The van der Waals surface area contributed by atoms with Gasteiger partial charge >= 0.3 is 5.97 Å². The van der Waals surface area contributed by atoms with Crippen molar-refractivity contribution >= 4 is 39.1 Å². The van der Waals surface area contributed by atoms with Gasteiger partial charge in [-0.3, -0.25) is 4.79 Å². The fourth-order valence-corrected chi connectivity index (χ4v) is 2.84. The van der Waals surface area contributed by atoms with E-state index >= 15 is 0 Å². The number of carbonyl (C=O) groups is 2. The van der Waals surface area contributed by atoms with Crippen LogP contribution in [0.5, 0.6) is 5.75 Å². The van der Waals surface area contributed by atoms with Gasteiger partial charge in [0.25, 0.3) is 0 Å². The molecule has 2 rings (SSSR count). The van der Waals surface area contributed by atoms with Gasteiger partial charge in [0, 0.05) is 11.8 Å². The highest BCUT2D eigenvalue weighted by molar-refractivity contribution is 9.10. The monoisotopic (exact) mass is 398 g/mol. The first-order chi connectivity index (χ1) is 11.1. The lowest BCUT2D eigenvalue weighted by molar-refractivity contribution is -0.121. The van der Waals surface area contributed by atoms with Gasteiger partial charge in [-0.15, -0.1) is 11.3 Å². The van der Waals surface area contributed by atoms with E-state index in [1.165, 1.54) is 16.7 Å². The number of hydrogen-bond donors (Lipinski definition) is 2. The second-order valence-electron chi connectivity index (χ2n) is 4.59. The number of halogens is 1. The molecular weight excluding hydrogens is 384 g/mol. The number of aromatic nitrogens is 1. The van der Waals surface area contributed by atoms with Gasteiger partial charge in [0.05, 0.1) is 17.6 Å². The molecule has 0 spiro atoms.